The van der Waals surface area contributed by atoms with E-state index in [4.69, 9.17) is 11.6 Å². The van der Waals surface area contributed by atoms with Crippen LogP contribution in [0.2, 0.25) is 5.02 Å². The van der Waals surface area contributed by atoms with Crippen LogP contribution in [-0.4, -0.2) is 47.0 Å². The first-order valence-corrected chi connectivity index (χ1v) is 10.3. The van der Waals surface area contributed by atoms with Gasteiger partial charge in [-0.05, 0) is 49.2 Å². The highest BCUT2D eigenvalue weighted by Crippen LogP contribution is 2.28. The van der Waals surface area contributed by atoms with Crippen molar-refractivity contribution in [2.75, 3.05) is 25.0 Å². The number of hydrogen-bond donors (Lipinski definition) is 1. The van der Waals surface area contributed by atoms with Crippen molar-refractivity contribution in [2.45, 2.75) is 18.8 Å². The van der Waals surface area contributed by atoms with Gasteiger partial charge in [-0.3, -0.25) is 14.7 Å². The summed E-state index contributed by atoms with van der Waals surface area (Å²) in [5.74, 6) is 0.0858. The number of benzene rings is 2. The topological polar surface area (TPSA) is 69.3 Å². The molecule has 0 aliphatic carbocycles. The molecule has 0 spiro atoms. The quantitative estimate of drug-likeness (QED) is 0.679. The summed E-state index contributed by atoms with van der Waals surface area (Å²) in [7, 11) is 1.74. The molecule has 3 aromatic rings. The van der Waals surface area contributed by atoms with Crippen molar-refractivity contribution in [1.29, 1.82) is 0 Å². The SMILES string of the molecule is CN(C(=O)c1cc(C2CCN(C(=O)c3cccc(Cl)c3)CC2)[nH]n1)c1ccccc1. The van der Waals surface area contributed by atoms with E-state index in [1.54, 1.807) is 36.2 Å². The van der Waals surface area contributed by atoms with E-state index in [1.165, 1.54) is 0 Å². The normalized spacial score (nSPS) is 14.5. The smallest absolute Gasteiger partial charge is 0.278 e. The van der Waals surface area contributed by atoms with E-state index >= 15 is 0 Å². The van der Waals surface area contributed by atoms with Crippen molar-refractivity contribution < 1.29 is 9.59 Å². The number of aromatic nitrogens is 2. The third-order valence-corrected chi connectivity index (χ3v) is 5.79. The summed E-state index contributed by atoms with van der Waals surface area (Å²) in [4.78, 5) is 28.9. The average molecular weight is 423 g/mol. The Labute approximate surface area is 180 Å². The van der Waals surface area contributed by atoms with Gasteiger partial charge in [-0.2, -0.15) is 5.10 Å². The Morgan fingerprint density at radius 1 is 1.07 bits per heavy atom. The molecule has 0 unspecified atom stereocenters. The van der Waals surface area contributed by atoms with Crippen LogP contribution in [0.1, 0.15) is 45.3 Å². The number of halogens is 1. The monoisotopic (exact) mass is 422 g/mol. The van der Waals surface area contributed by atoms with E-state index in [-0.39, 0.29) is 17.7 Å². The maximum Gasteiger partial charge on any atom is 0.278 e. The van der Waals surface area contributed by atoms with Crippen LogP contribution in [0, 0.1) is 0 Å². The summed E-state index contributed by atoms with van der Waals surface area (Å²) >= 11 is 6.01. The van der Waals surface area contributed by atoms with Gasteiger partial charge < -0.3 is 9.80 Å². The molecule has 1 saturated heterocycles. The van der Waals surface area contributed by atoms with E-state index < -0.39 is 0 Å². The molecule has 1 aliphatic heterocycles. The molecule has 0 bridgehead atoms. The highest BCUT2D eigenvalue weighted by molar-refractivity contribution is 6.30. The maximum atomic E-state index is 12.7. The van der Waals surface area contributed by atoms with Crippen LogP contribution < -0.4 is 4.90 Å². The van der Waals surface area contributed by atoms with Gasteiger partial charge in [-0.1, -0.05) is 35.9 Å². The number of para-hydroxylation sites is 1. The van der Waals surface area contributed by atoms with E-state index in [9.17, 15) is 9.59 Å². The molecule has 1 fully saturated rings. The Kier molecular flexibility index (Phi) is 5.86. The second-order valence-electron chi connectivity index (χ2n) is 7.49. The zero-order valence-corrected chi connectivity index (χ0v) is 17.5. The molecule has 0 atom stereocenters. The molecular formula is C23H23ClN4O2. The Hall–Kier alpha value is -3.12. The number of anilines is 1. The molecule has 0 radical (unpaired) electrons. The van der Waals surface area contributed by atoms with Crippen LogP contribution in [0.5, 0.6) is 0 Å². The van der Waals surface area contributed by atoms with Gasteiger partial charge in [0, 0.05) is 48.0 Å². The number of likely N-dealkylation sites (tertiary alicyclic amines) is 1. The Morgan fingerprint density at radius 2 is 1.80 bits per heavy atom. The zero-order chi connectivity index (χ0) is 21.1. The van der Waals surface area contributed by atoms with Gasteiger partial charge in [-0.15, -0.1) is 0 Å². The molecule has 4 rings (SSSR count). The van der Waals surface area contributed by atoms with Gasteiger partial charge in [0.25, 0.3) is 11.8 Å². The van der Waals surface area contributed by atoms with E-state index in [2.05, 4.69) is 10.2 Å². The Balaban J connectivity index is 1.38. The highest BCUT2D eigenvalue weighted by atomic mass is 35.5. The minimum atomic E-state index is -0.155. The number of carbonyl (C=O) groups excluding carboxylic acids is 2. The summed E-state index contributed by atoms with van der Waals surface area (Å²) in [6, 6.07) is 18.4. The number of carbonyl (C=O) groups is 2. The number of piperidine rings is 1. The largest absolute Gasteiger partial charge is 0.339 e. The fourth-order valence-electron chi connectivity index (χ4n) is 3.79. The number of aromatic amines is 1. The number of H-pyrrole nitrogens is 1. The Morgan fingerprint density at radius 3 is 2.50 bits per heavy atom. The van der Waals surface area contributed by atoms with Gasteiger partial charge in [0.15, 0.2) is 5.69 Å². The lowest BCUT2D eigenvalue weighted by atomic mass is 9.93. The fourth-order valence-corrected chi connectivity index (χ4v) is 3.98. The van der Waals surface area contributed by atoms with Crippen LogP contribution >= 0.6 is 11.6 Å². The number of nitrogens with zero attached hydrogens (tertiary/aromatic N) is 3. The van der Waals surface area contributed by atoms with E-state index in [0.29, 0.717) is 29.4 Å². The standard InChI is InChI=1S/C23H23ClN4O2/c1-27(19-8-3-2-4-9-19)23(30)21-15-20(25-26-21)16-10-12-28(13-11-16)22(29)17-6-5-7-18(24)14-17/h2-9,14-16H,10-13H2,1H3,(H,25,26). The average Bonchev–Trinajstić information content (AvgIpc) is 3.28. The van der Waals surface area contributed by atoms with Gasteiger partial charge in [0.1, 0.15) is 0 Å². The van der Waals surface area contributed by atoms with E-state index in [0.717, 1.165) is 24.2 Å². The van der Waals surface area contributed by atoms with Gasteiger partial charge in [-0.25, -0.2) is 0 Å². The molecule has 2 amide bonds. The van der Waals surface area contributed by atoms with Crippen LogP contribution in [0.15, 0.2) is 60.7 Å². The second-order valence-corrected chi connectivity index (χ2v) is 7.92. The van der Waals surface area contributed by atoms with E-state index in [1.807, 2.05) is 41.3 Å². The number of rotatable bonds is 4. The highest BCUT2D eigenvalue weighted by Gasteiger charge is 2.27. The molecule has 2 aromatic carbocycles. The summed E-state index contributed by atoms with van der Waals surface area (Å²) in [6.45, 7) is 1.31. The minimum absolute atomic E-state index is 0.000846. The summed E-state index contributed by atoms with van der Waals surface area (Å²) in [6.07, 6.45) is 1.63. The fraction of sp³-hybridized carbons (Fsp3) is 0.261. The van der Waals surface area contributed by atoms with Crippen LogP contribution in [0.3, 0.4) is 0 Å². The lowest BCUT2D eigenvalue weighted by Gasteiger charge is -2.31. The molecular weight excluding hydrogens is 400 g/mol. The molecule has 0 saturated carbocycles. The van der Waals surface area contributed by atoms with Crippen LogP contribution in [0.4, 0.5) is 5.69 Å². The molecule has 1 aromatic heterocycles. The first kappa shape index (κ1) is 20.2. The third kappa shape index (κ3) is 4.24. The predicted octanol–water partition coefficient (Wildman–Crippen LogP) is 4.36. The van der Waals surface area contributed by atoms with Gasteiger partial charge >= 0.3 is 0 Å². The van der Waals surface area contributed by atoms with Gasteiger partial charge in [0.05, 0.1) is 0 Å². The molecule has 1 N–H and O–H groups in total. The lowest BCUT2D eigenvalue weighted by Crippen LogP contribution is -2.38. The number of hydrogen-bond acceptors (Lipinski definition) is 3. The number of amides is 2. The molecule has 1 aliphatic rings. The second kappa shape index (κ2) is 8.71. The first-order chi connectivity index (χ1) is 14.5. The van der Waals surface area contributed by atoms with Crippen LogP contribution in [0.25, 0.3) is 0 Å². The summed E-state index contributed by atoms with van der Waals surface area (Å²) in [5.41, 5.74) is 2.77. The zero-order valence-electron chi connectivity index (χ0n) is 16.7. The summed E-state index contributed by atoms with van der Waals surface area (Å²) < 4.78 is 0. The molecule has 6 nitrogen and oxygen atoms in total. The van der Waals surface area contributed by atoms with Crippen molar-refractivity contribution in [2.24, 2.45) is 0 Å². The molecule has 30 heavy (non-hydrogen) atoms. The van der Waals surface area contributed by atoms with Crippen LogP contribution in [-0.2, 0) is 0 Å². The summed E-state index contributed by atoms with van der Waals surface area (Å²) in [5, 5.41) is 7.83. The number of nitrogens with one attached hydrogen (secondary N) is 1. The predicted molar refractivity (Wildman–Crippen MR) is 117 cm³/mol. The third-order valence-electron chi connectivity index (χ3n) is 5.56. The van der Waals surface area contributed by atoms with Crippen molar-refractivity contribution in [3.05, 3.63) is 82.6 Å². The van der Waals surface area contributed by atoms with Gasteiger partial charge in [0.2, 0.25) is 0 Å². The molecule has 2 heterocycles. The van der Waals surface area contributed by atoms with Crippen molar-refractivity contribution >= 4 is 29.1 Å². The lowest BCUT2D eigenvalue weighted by molar-refractivity contribution is 0.0712. The van der Waals surface area contributed by atoms with Crippen molar-refractivity contribution in [1.82, 2.24) is 15.1 Å². The van der Waals surface area contributed by atoms with Crippen molar-refractivity contribution in [3.8, 4) is 0 Å². The Bertz CT molecular complexity index is 1040. The minimum Gasteiger partial charge on any atom is -0.339 e. The molecule has 154 valence electrons. The maximum absolute atomic E-state index is 12.7. The van der Waals surface area contributed by atoms with Crippen molar-refractivity contribution in [3.63, 3.8) is 0 Å². The molecule has 7 heteroatoms. The first-order valence-electron chi connectivity index (χ1n) is 9.96.